The second-order valence-electron chi connectivity index (χ2n) is 8.53. The summed E-state index contributed by atoms with van der Waals surface area (Å²) in [5, 5.41) is 12.6. The minimum absolute atomic E-state index is 0.0407. The van der Waals surface area contributed by atoms with Crippen LogP contribution in [0, 0.1) is 0 Å². The van der Waals surface area contributed by atoms with Gasteiger partial charge in [0.15, 0.2) is 5.65 Å². The van der Waals surface area contributed by atoms with E-state index in [0.717, 1.165) is 12.8 Å². The number of pyridine rings is 1. The van der Waals surface area contributed by atoms with Gasteiger partial charge in [-0.25, -0.2) is 13.8 Å². The van der Waals surface area contributed by atoms with Gasteiger partial charge < -0.3 is 25.3 Å². The van der Waals surface area contributed by atoms with Crippen molar-refractivity contribution in [1.29, 1.82) is 0 Å². The van der Waals surface area contributed by atoms with Crippen LogP contribution in [-0.4, -0.2) is 57.3 Å². The van der Waals surface area contributed by atoms with Gasteiger partial charge in [0.1, 0.15) is 22.9 Å². The number of hydrogen-bond donors (Lipinski definition) is 3. The van der Waals surface area contributed by atoms with E-state index in [4.69, 9.17) is 4.74 Å². The lowest BCUT2D eigenvalue weighted by Gasteiger charge is -2.36. The van der Waals surface area contributed by atoms with Crippen molar-refractivity contribution in [2.75, 3.05) is 30.9 Å². The number of ether oxygens (including phenoxy) is 1. The lowest BCUT2D eigenvalue weighted by Crippen LogP contribution is -2.55. The zero-order chi connectivity index (χ0) is 23.9. The van der Waals surface area contributed by atoms with Gasteiger partial charge in [-0.05, 0) is 31.4 Å². The summed E-state index contributed by atoms with van der Waals surface area (Å²) in [6, 6.07) is 3.82. The number of anilines is 3. The molecule has 0 bridgehead atoms. The highest BCUT2D eigenvalue weighted by molar-refractivity contribution is 6.00. The number of nitrogens with zero attached hydrogens (tertiary/aromatic N) is 4. The van der Waals surface area contributed by atoms with Gasteiger partial charge in [0.25, 0.3) is 17.4 Å². The van der Waals surface area contributed by atoms with Gasteiger partial charge in [-0.1, -0.05) is 0 Å². The summed E-state index contributed by atoms with van der Waals surface area (Å²) in [7, 11) is 1.67. The molecule has 12 heteroatoms. The first kappa shape index (κ1) is 22.3. The topological polar surface area (TPSA) is 115 Å². The third kappa shape index (κ3) is 3.98. The monoisotopic (exact) mass is 473 g/mol. The molecule has 2 aliphatic rings. The maximum atomic E-state index is 13.6. The molecule has 0 radical (unpaired) electrons. The van der Waals surface area contributed by atoms with E-state index in [1.807, 2.05) is 0 Å². The number of alkyl halides is 2. The highest BCUT2D eigenvalue weighted by atomic mass is 19.3. The molecule has 1 amide bonds. The lowest BCUT2D eigenvalue weighted by atomic mass is 9.88. The molecule has 2 atom stereocenters. The third-order valence-electron chi connectivity index (χ3n) is 6.32. The highest BCUT2D eigenvalue weighted by Gasteiger charge is 2.49. The molecule has 1 aliphatic carbocycles. The van der Waals surface area contributed by atoms with Crippen molar-refractivity contribution >= 4 is 28.9 Å². The normalized spacial score (nSPS) is 21.6. The predicted octanol–water partition coefficient (Wildman–Crippen LogP) is 2.56. The Kier molecular flexibility index (Phi) is 5.68. The zero-order valence-corrected chi connectivity index (χ0v) is 18.6. The molecule has 34 heavy (non-hydrogen) atoms. The fraction of sp³-hybridized carbons (Fsp3) is 0.455. The van der Waals surface area contributed by atoms with E-state index in [2.05, 4.69) is 26.0 Å². The first-order valence-corrected chi connectivity index (χ1v) is 11.2. The number of carbonyl (C=O) groups excluding carboxylic acids is 1. The zero-order valence-electron chi connectivity index (χ0n) is 18.6. The Morgan fingerprint density at radius 2 is 2.18 bits per heavy atom. The molecule has 3 N–H and O–H groups in total. The van der Waals surface area contributed by atoms with Crippen LogP contribution >= 0.6 is 0 Å². The quantitative estimate of drug-likeness (QED) is 0.504. The summed E-state index contributed by atoms with van der Waals surface area (Å²) >= 11 is 0. The van der Waals surface area contributed by atoms with Crippen molar-refractivity contribution in [2.24, 2.45) is 0 Å². The van der Waals surface area contributed by atoms with Crippen LogP contribution in [-0.2, 0) is 4.74 Å². The van der Waals surface area contributed by atoms with E-state index in [0.29, 0.717) is 30.5 Å². The number of halogens is 2. The van der Waals surface area contributed by atoms with E-state index in [1.165, 1.54) is 10.7 Å². The van der Waals surface area contributed by atoms with E-state index in [1.54, 1.807) is 36.0 Å². The van der Waals surface area contributed by atoms with Crippen molar-refractivity contribution in [3.05, 3.63) is 46.5 Å². The van der Waals surface area contributed by atoms with E-state index >= 15 is 0 Å². The van der Waals surface area contributed by atoms with Gasteiger partial charge in [-0.3, -0.25) is 9.59 Å². The van der Waals surface area contributed by atoms with Crippen LogP contribution in [0.5, 0.6) is 0 Å². The van der Waals surface area contributed by atoms with Gasteiger partial charge >= 0.3 is 0 Å². The van der Waals surface area contributed by atoms with E-state index in [-0.39, 0.29) is 35.7 Å². The minimum Gasteiger partial charge on any atom is -0.379 e. The number of carbonyl (C=O) groups is 1. The average molecular weight is 473 g/mol. The average Bonchev–Trinajstić information content (AvgIpc) is 3.27. The third-order valence-corrected chi connectivity index (χ3v) is 6.32. The van der Waals surface area contributed by atoms with Gasteiger partial charge in [0, 0.05) is 32.3 Å². The first-order valence-electron chi connectivity index (χ1n) is 11.2. The second kappa shape index (κ2) is 8.67. The molecule has 10 nitrogen and oxygen atoms in total. The summed E-state index contributed by atoms with van der Waals surface area (Å²) in [4.78, 5) is 30.3. The Morgan fingerprint density at radius 1 is 1.32 bits per heavy atom. The molecule has 180 valence electrons. The second-order valence-corrected chi connectivity index (χ2v) is 8.53. The Morgan fingerprint density at radius 3 is 2.85 bits per heavy atom. The number of fused-ring (bicyclic) bond motifs is 1. The maximum absolute atomic E-state index is 13.6. The van der Waals surface area contributed by atoms with Gasteiger partial charge in [-0.15, -0.1) is 0 Å². The summed E-state index contributed by atoms with van der Waals surface area (Å²) in [6.45, 7) is 1.17. The molecule has 0 spiro atoms. The molecule has 1 aliphatic heterocycles. The van der Waals surface area contributed by atoms with Crippen molar-refractivity contribution in [3.63, 3.8) is 0 Å². The molecule has 5 rings (SSSR count). The Labute approximate surface area is 193 Å². The Bertz CT molecular complexity index is 1280. The number of amides is 1. The van der Waals surface area contributed by atoms with Crippen LogP contribution in [0.1, 0.15) is 42.1 Å². The van der Waals surface area contributed by atoms with Crippen LogP contribution < -0.4 is 21.5 Å². The van der Waals surface area contributed by atoms with Crippen LogP contribution in [0.15, 0.2) is 35.4 Å². The highest BCUT2D eigenvalue weighted by Crippen LogP contribution is 2.37. The van der Waals surface area contributed by atoms with Crippen LogP contribution in [0.3, 0.4) is 0 Å². The molecule has 0 unspecified atom stereocenters. The van der Waals surface area contributed by atoms with Gasteiger partial charge in [0.2, 0.25) is 0 Å². The molecule has 1 saturated heterocycles. The molecule has 4 heterocycles. The molecule has 1 saturated carbocycles. The molecular formula is C22H25F2N7O3. The number of nitrogens with one attached hydrogen (secondary N) is 3. The van der Waals surface area contributed by atoms with E-state index < -0.39 is 17.9 Å². The summed E-state index contributed by atoms with van der Waals surface area (Å²) < 4.78 is 35.8. The van der Waals surface area contributed by atoms with Crippen LogP contribution in [0.25, 0.3) is 5.65 Å². The number of hydrogen-bond acceptors (Lipinski definition) is 7. The predicted molar refractivity (Wildman–Crippen MR) is 121 cm³/mol. The number of rotatable bonds is 6. The maximum Gasteiger partial charge on any atom is 0.274 e. The van der Waals surface area contributed by atoms with Crippen molar-refractivity contribution in [1.82, 2.24) is 24.5 Å². The van der Waals surface area contributed by atoms with Crippen molar-refractivity contribution < 1.29 is 18.3 Å². The molecule has 3 aromatic rings. The van der Waals surface area contributed by atoms with Gasteiger partial charge in [-0.2, -0.15) is 9.61 Å². The molecule has 2 fully saturated rings. The molecule has 0 aromatic carbocycles. The van der Waals surface area contributed by atoms with Crippen LogP contribution in [0.4, 0.5) is 26.1 Å². The standard InChI is InChI=1S/C22H25F2N7O3/c1-25-18-10-17(27-15-5-2-8-30(21(15)33)13-4-3-9-34-12-13)29-19-14(11-26-31(18)19)20(32)28-16-6-7-22(16,23)24/h2,5,8,10-11,13,16,25H,3-4,6-7,9,12H2,1H3,(H,27,29)(H,28,32)/t13-,16-/m1/s1. The number of aromatic nitrogens is 4. The summed E-state index contributed by atoms with van der Waals surface area (Å²) in [5.74, 6) is -2.79. The fourth-order valence-corrected chi connectivity index (χ4v) is 4.26. The van der Waals surface area contributed by atoms with E-state index in [9.17, 15) is 18.4 Å². The Balaban J connectivity index is 1.46. The summed E-state index contributed by atoms with van der Waals surface area (Å²) in [5.41, 5.74) is 0.329. The fourth-order valence-electron chi connectivity index (χ4n) is 4.26. The van der Waals surface area contributed by atoms with Gasteiger partial charge in [0.05, 0.1) is 24.9 Å². The largest absolute Gasteiger partial charge is 0.379 e. The lowest BCUT2D eigenvalue weighted by molar-refractivity contribution is -0.102. The Hall–Kier alpha value is -3.54. The van der Waals surface area contributed by atoms with Crippen LogP contribution in [0.2, 0.25) is 0 Å². The van der Waals surface area contributed by atoms with Crippen molar-refractivity contribution in [3.8, 4) is 0 Å². The smallest absolute Gasteiger partial charge is 0.274 e. The molecular weight excluding hydrogens is 448 g/mol. The van der Waals surface area contributed by atoms with Crippen molar-refractivity contribution in [2.45, 2.75) is 43.7 Å². The molecule has 3 aromatic heterocycles. The minimum atomic E-state index is -2.91. The first-order chi connectivity index (χ1) is 16.4. The SMILES string of the molecule is CNc1cc(Nc2cccn([C@@H]3CCCOC3)c2=O)nc2c(C(=O)N[C@@H]3CCC3(F)F)cnn12. The summed E-state index contributed by atoms with van der Waals surface area (Å²) in [6.07, 6.45) is 4.73.